The first-order valence-electron chi connectivity index (χ1n) is 8.31. The normalized spacial score (nSPS) is 20.4. The summed E-state index contributed by atoms with van der Waals surface area (Å²) >= 11 is 0. The van der Waals surface area contributed by atoms with Crippen molar-refractivity contribution in [2.24, 2.45) is 5.92 Å². The van der Waals surface area contributed by atoms with Gasteiger partial charge in [-0.1, -0.05) is 27.7 Å². The Bertz CT molecular complexity index is 462. The van der Waals surface area contributed by atoms with Gasteiger partial charge in [-0.05, 0) is 49.9 Å². The third-order valence-corrected chi connectivity index (χ3v) is 4.36. The Morgan fingerprint density at radius 1 is 1.24 bits per heavy atom. The third kappa shape index (κ3) is 4.44. The van der Waals surface area contributed by atoms with Crippen LogP contribution in [0.1, 0.15) is 58.2 Å². The first-order valence-corrected chi connectivity index (χ1v) is 8.31. The maximum absolute atomic E-state index is 4.98. The Kier molecular flexibility index (Phi) is 5.26. The maximum atomic E-state index is 4.98. The quantitative estimate of drug-likeness (QED) is 0.919. The minimum atomic E-state index is 0.0949. The number of pyridine rings is 1. The van der Waals surface area contributed by atoms with Gasteiger partial charge in [0, 0.05) is 30.7 Å². The number of nitrogens with zero attached hydrogens (tertiary/aromatic N) is 2. The molecule has 3 heteroatoms. The lowest BCUT2D eigenvalue weighted by atomic mass is 9.90. The van der Waals surface area contributed by atoms with Gasteiger partial charge in [-0.3, -0.25) is 0 Å². The van der Waals surface area contributed by atoms with Crippen LogP contribution in [0.15, 0.2) is 12.1 Å². The van der Waals surface area contributed by atoms with E-state index in [-0.39, 0.29) is 5.41 Å². The van der Waals surface area contributed by atoms with Crippen molar-refractivity contribution in [2.75, 3.05) is 25.0 Å². The number of hydrogen-bond donors (Lipinski definition) is 1. The van der Waals surface area contributed by atoms with Gasteiger partial charge < -0.3 is 10.2 Å². The molecule has 0 bridgehead atoms. The van der Waals surface area contributed by atoms with E-state index in [2.05, 4.69) is 50.0 Å². The molecule has 0 radical (unpaired) electrons. The van der Waals surface area contributed by atoms with Crippen molar-refractivity contribution in [2.45, 2.75) is 58.9 Å². The maximum Gasteiger partial charge on any atom is 0.129 e. The zero-order valence-corrected chi connectivity index (χ0v) is 14.4. The molecule has 1 atom stereocenters. The molecule has 21 heavy (non-hydrogen) atoms. The van der Waals surface area contributed by atoms with E-state index in [4.69, 9.17) is 4.98 Å². The Balaban J connectivity index is 2.30. The SMILES string of the molecule is CNCc1cc(N2CCCC(C)CC2)nc(C(C)(C)C)c1. The summed E-state index contributed by atoms with van der Waals surface area (Å²) < 4.78 is 0. The van der Waals surface area contributed by atoms with E-state index in [1.54, 1.807) is 0 Å². The highest BCUT2D eigenvalue weighted by atomic mass is 15.2. The van der Waals surface area contributed by atoms with Gasteiger partial charge in [-0.2, -0.15) is 0 Å². The largest absolute Gasteiger partial charge is 0.357 e. The highest BCUT2D eigenvalue weighted by molar-refractivity contribution is 5.44. The summed E-state index contributed by atoms with van der Waals surface area (Å²) in [5.41, 5.74) is 2.63. The molecule has 118 valence electrons. The number of anilines is 1. The van der Waals surface area contributed by atoms with Gasteiger partial charge >= 0.3 is 0 Å². The molecular weight excluding hydrogens is 258 g/mol. The zero-order chi connectivity index (χ0) is 15.5. The summed E-state index contributed by atoms with van der Waals surface area (Å²) in [4.78, 5) is 7.46. The van der Waals surface area contributed by atoms with Crippen molar-refractivity contribution >= 4 is 5.82 Å². The zero-order valence-electron chi connectivity index (χ0n) is 14.4. The molecule has 1 fully saturated rings. The fraction of sp³-hybridized carbons (Fsp3) is 0.722. The summed E-state index contributed by atoms with van der Waals surface area (Å²) in [5.74, 6) is 2.01. The lowest BCUT2D eigenvalue weighted by molar-refractivity contribution is 0.520. The van der Waals surface area contributed by atoms with Crippen molar-refractivity contribution in [1.82, 2.24) is 10.3 Å². The van der Waals surface area contributed by atoms with E-state index in [0.717, 1.165) is 25.6 Å². The summed E-state index contributed by atoms with van der Waals surface area (Å²) in [6, 6.07) is 4.52. The second-order valence-electron chi connectivity index (χ2n) is 7.52. The van der Waals surface area contributed by atoms with Crippen molar-refractivity contribution in [3.8, 4) is 0 Å². The van der Waals surface area contributed by atoms with Gasteiger partial charge in [0.2, 0.25) is 0 Å². The van der Waals surface area contributed by atoms with Gasteiger partial charge in [-0.15, -0.1) is 0 Å². The molecule has 1 aliphatic rings. The van der Waals surface area contributed by atoms with Crippen LogP contribution in [0.4, 0.5) is 5.82 Å². The molecule has 1 aromatic rings. The van der Waals surface area contributed by atoms with Crippen LogP contribution in [0.2, 0.25) is 0 Å². The molecular formula is C18H31N3. The molecule has 0 aliphatic carbocycles. The standard InChI is InChI=1S/C18H31N3/c1-14-7-6-9-21(10-8-14)17-12-15(13-19-5)11-16(20-17)18(2,3)4/h11-12,14,19H,6-10,13H2,1-5H3. The lowest BCUT2D eigenvalue weighted by Crippen LogP contribution is -2.27. The average molecular weight is 289 g/mol. The Labute approximate surface area is 130 Å². The number of aromatic nitrogens is 1. The number of nitrogens with one attached hydrogen (secondary N) is 1. The van der Waals surface area contributed by atoms with E-state index >= 15 is 0 Å². The average Bonchev–Trinajstić information content (AvgIpc) is 2.63. The van der Waals surface area contributed by atoms with E-state index < -0.39 is 0 Å². The molecule has 1 unspecified atom stereocenters. The van der Waals surface area contributed by atoms with Gasteiger partial charge in [0.1, 0.15) is 5.82 Å². The minimum Gasteiger partial charge on any atom is -0.357 e. The summed E-state index contributed by atoms with van der Waals surface area (Å²) in [7, 11) is 2.00. The van der Waals surface area contributed by atoms with Crippen LogP contribution in [0, 0.1) is 5.92 Å². The molecule has 0 aromatic carbocycles. The van der Waals surface area contributed by atoms with Crippen LogP contribution in [-0.2, 0) is 12.0 Å². The Morgan fingerprint density at radius 2 is 2.00 bits per heavy atom. The van der Waals surface area contributed by atoms with Crippen molar-refractivity contribution in [3.05, 3.63) is 23.4 Å². The van der Waals surface area contributed by atoms with E-state index in [1.807, 2.05) is 7.05 Å². The number of rotatable bonds is 3. The monoisotopic (exact) mass is 289 g/mol. The van der Waals surface area contributed by atoms with Crippen LogP contribution in [0.5, 0.6) is 0 Å². The predicted molar refractivity (Wildman–Crippen MR) is 90.9 cm³/mol. The molecule has 1 aromatic heterocycles. The van der Waals surface area contributed by atoms with Gasteiger partial charge in [-0.25, -0.2) is 4.98 Å². The van der Waals surface area contributed by atoms with Gasteiger partial charge in [0.15, 0.2) is 0 Å². The summed E-state index contributed by atoms with van der Waals surface area (Å²) in [6.07, 6.45) is 3.91. The summed E-state index contributed by atoms with van der Waals surface area (Å²) in [5, 5.41) is 3.27. The van der Waals surface area contributed by atoms with Gasteiger partial charge in [0.05, 0.1) is 0 Å². The van der Waals surface area contributed by atoms with Crippen LogP contribution in [-0.4, -0.2) is 25.1 Å². The molecule has 2 heterocycles. The highest BCUT2D eigenvalue weighted by Gasteiger charge is 2.20. The van der Waals surface area contributed by atoms with Crippen LogP contribution < -0.4 is 10.2 Å². The molecule has 3 nitrogen and oxygen atoms in total. The van der Waals surface area contributed by atoms with Crippen molar-refractivity contribution in [1.29, 1.82) is 0 Å². The summed E-state index contributed by atoms with van der Waals surface area (Å²) in [6.45, 7) is 12.3. The van der Waals surface area contributed by atoms with E-state index in [9.17, 15) is 0 Å². The first-order chi connectivity index (χ1) is 9.90. The smallest absolute Gasteiger partial charge is 0.129 e. The van der Waals surface area contributed by atoms with Crippen LogP contribution in [0.3, 0.4) is 0 Å². The molecule has 1 aliphatic heterocycles. The molecule has 2 rings (SSSR count). The van der Waals surface area contributed by atoms with Crippen LogP contribution in [0.25, 0.3) is 0 Å². The highest BCUT2D eigenvalue weighted by Crippen LogP contribution is 2.27. The van der Waals surface area contributed by atoms with Crippen molar-refractivity contribution < 1.29 is 0 Å². The lowest BCUT2D eigenvalue weighted by Gasteiger charge is -2.26. The molecule has 0 spiro atoms. The Hall–Kier alpha value is -1.09. The molecule has 0 saturated carbocycles. The fourth-order valence-corrected chi connectivity index (χ4v) is 2.92. The first kappa shape index (κ1) is 16.3. The van der Waals surface area contributed by atoms with E-state index in [0.29, 0.717) is 0 Å². The molecule has 0 amide bonds. The number of hydrogen-bond acceptors (Lipinski definition) is 3. The molecule has 1 saturated heterocycles. The van der Waals surface area contributed by atoms with Crippen LogP contribution >= 0.6 is 0 Å². The fourth-order valence-electron chi connectivity index (χ4n) is 2.92. The van der Waals surface area contributed by atoms with E-state index in [1.165, 1.54) is 36.3 Å². The Morgan fingerprint density at radius 3 is 2.67 bits per heavy atom. The minimum absolute atomic E-state index is 0.0949. The second kappa shape index (κ2) is 6.78. The predicted octanol–water partition coefficient (Wildman–Crippen LogP) is 3.72. The third-order valence-electron chi connectivity index (χ3n) is 4.36. The second-order valence-corrected chi connectivity index (χ2v) is 7.52. The topological polar surface area (TPSA) is 28.2 Å². The van der Waals surface area contributed by atoms with Gasteiger partial charge in [0.25, 0.3) is 0 Å². The van der Waals surface area contributed by atoms with Crippen molar-refractivity contribution in [3.63, 3.8) is 0 Å². The molecule has 1 N–H and O–H groups in total.